The van der Waals surface area contributed by atoms with Crippen molar-refractivity contribution in [3.05, 3.63) is 54.1 Å². The number of rotatable bonds is 8. The molecule has 0 spiro atoms. The van der Waals surface area contributed by atoms with E-state index in [1.807, 2.05) is 31.2 Å². The van der Waals surface area contributed by atoms with Gasteiger partial charge in [-0.3, -0.25) is 0 Å². The van der Waals surface area contributed by atoms with Crippen LogP contribution in [0.15, 0.2) is 63.2 Å². The van der Waals surface area contributed by atoms with Crippen molar-refractivity contribution in [2.75, 3.05) is 25.4 Å². The second-order valence-electron chi connectivity index (χ2n) is 7.00. The van der Waals surface area contributed by atoms with E-state index >= 15 is 0 Å². The van der Waals surface area contributed by atoms with Gasteiger partial charge in [0.05, 0.1) is 9.79 Å². The van der Waals surface area contributed by atoms with Crippen LogP contribution in [0.1, 0.15) is 24.8 Å². The van der Waals surface area contributed by atoms with Crippen molar-refractivity contribution in [3.63, 3.8) is 0 Å². The first-order chi connectivity index (χ1) is 13.8. The first kappa shape index (κ1) is 22.3. The lowest BCUT2D eigenvalue weighted by Crippen LogP contribution is -2.35. The number of hydrogen-bond donors (Lipinski definition) is 1. The monoisotopic (exact) mass is 454 g/mol. The highest BCUT2D eigenvalue weighted by molar-refractivity contribution is 7.99. The van der Waals surface area contributed by atoms with Crippen LogP contribution < -0.4 is 4.72 Å². The molecule has 1 fully saturated rings. The van der Waals surface area contributed by atoms with Crippen LogP contribution in [0, 0.1) is 6.92 Å². The van der Waals surface area contributed by atoms with Gasteiger partial charge in [-0.15, -0.1) is 11.8 Å². The average molecular weight is 455 g/mol. The third kappa shape index (κ3) is 5.82. The molecule has 0 bridgehead atoms. The first-order valence-electron chi connectivity index (χ1n) is 9.58. The predicted octanol–water partition coefficient (Wildman–Crippen LogP) is 3.24. The van der Waals surface area contributed by atoms with Crippen LogP contribution in [0.5, 0.6) is 0 Å². The Morgan fingerprint density at radius 1 is 0.862 bits per heavy atom. The van der Waals surface area contributed by atoms with Crippen LogP contribution in [0.3, 0.4) is 0 Å². The van der Waals surface area contributed by atoms with Crippen molar-refractivity contribution in [1.29, 1.82) is 0 Å². The zero-order valence-corrected chi connectivity index (χ0v) is 18.8. The molecular weight excluding hydrogens is 428 g/mol. The number of hydrogen-bond acceptors (Lipinski definition) is 5. The SMILES string of the molecule is Cc1ccc(SCCNS(=O)(=O)c2ccc(S(=O)(=O)N3CCCCC3)cc2)cc1. The third-order valence-corrected chi connectivity index (χ3v) is 9.17. The lowest BCUT2D eigenvalue weighted by molar-refractivity contribution is 0.346. The van der Waals surface area contributed by atoms with Crippen LogP contribution in [0.25, 0.3) is 0 Å². The molecule has 1 aliphatic rings. The second kappa shape index (κ2) is 9.61. The minimum atomic E-state index is -3.68. The van der Waals surface area contributed by atoms with Crippen LogP contribution in [-0.4, -0.2) is 46.5 Å². The number of thioether (sulfide) groups is 1. The fourth-order valence-corrected chi connectivity index (χ4v) is 6.55. The molecule has 1 aliphatic heterocycles. The average Bonchev–Trinajstić information content (AvgIpc) is 2.73. The summed E-state index contributed by atoms with van der Waals surface area (Å²) in [4.78, 5) is 1.28. The summed E-state index contributed by atoms with van der Waals surface area (Å²) in [6.07, 6.45) is 2.75. The van der Waals surface area contributed by atoms with Crippen LogP contribution >= 0.6 is 11.8 Å². The Bertz CT molecular complexity index is 1010. The number of aryl methyl sites for hydroxylation is 1. The van der Waals surface area contributed by atoms with Gasteiger partial charge in [-0.2, -0.15) is 4.31 Å². The van der Waals surface area contributed by atoms with E-state index < -0.39 is 20.0 Å². The zero-order valence-electron chi connectivity index (χ0n) is 16.4. The van der Waals surface area contributed by atoms with Gasteiger partial charge in [0.1, 0.15) is 0 Å². The Hall–Kier alpha value is -1.39. The number of nitrogens with one attached hydrogen (secondary N) is 1. The quantitative estimate of drug-likeness (QED) is 0.489. The van der Waals surface area contributed by atoms with E-state index in [1.165, 1.54) is 34.1 Å². The van der Waals surface area contributed by atoms with E-state index in [2.05, 4.69) is 4.72 Å². The fourth-order valence-electron chi connectivity index (χ4n) is 3.11. The maximum atomic E-state index is 12.7. The molecule has 29 heavy (non-hydrogen) atoms. The molecule has 0 saturated carbocycles. The number of piperidine rings is 1. The largest absolute Gasteiger partial charge is 0.243 e. The van der Waals surface area contributed by atoms with Crippen molar-refractivity contribution in [1.82, 2.24) is 9.03 Å². The van der Waals surface area contributed by atoms with Gasteiger partial charge in [-0.25, -0.2) is 21.6 Å². The normalized spacial score (nSPS) is 16.0. The van der Waals surface area contributed by atoms with Crippen molar-refractivity contribution < 1.29 is 16.8 Å². The van der Waals surface area contributed by atoms with Gasteiger partial charge >= 0.3 is 0 Å². The van der Waals surface area contributed by atoms with Crippen molar-refractivity contribution in [2.24, 2.45) is 0 Å². The summed E-state index contributed by atoms with van der Waals surface area (Å²) in [5, 5.41) is 0. The molecule has 1 saturated heterocycles. The van der Waals surface area contributed by atoms with Gasteiger partial charge in [0, 0.05) is 30.3 Å². The molecule has 0 unspecified atom stereocenters. The summed E-state index contributed by atoms with van der Waals surface area (Å²) in [5.74, 6) is 0.601. The maximum absolute atomic E-state index is 12.7. The minimum absolute atomic E-state index is 0.0652. The minimum Gasteiger partial charge on any atom is -0.210 e. The summed E-state index contributed by atoms with van der Waals surface area (Å²) in [7, 11) is -7.24. The fraction of sp³-hybridized carbons (Fsp3) is 0.400. The van der Waals surface area contributed by atoms with Crippen molar-refractivity contribution in [2.45, 2.75) is 40.9 Å². The number of nitrogens with zero attached hydrogens (tertiary/aromatic N) is 1. The van der Waals surface area contributed by atoms with Gasteiger partial charge in [0.2, 0.25) is 20.0 Å². The van der Waals surface area contributed by atoms with Gasteiger partial charge in [-0.1, -0.05) is 24.1 Å². The highest BCUT2D eigenvalue weighted by Crippen LogP contribution is 2.22. The van der Waals surface area contributed by atoms with Gasteiger partial charge < -0.3 is 0 Å². The molecule has 0 aliphatic carbocycles. The summed E-state index contributed by atoms with van der Waals surface area (Å²) < 4.78 is 54.3. The Morgan fingerprint density at radius 3 is 2.07 bits per heavy atom. The standard InChI is InChI=1S/C20H26N2O4S3/c1-17-5-7-18(8-6-17)27-16-13-21-28(23,24)19-9-11-20(12-10-19)29(25,26)22-14-3-2-4-15-22/h5-12,21H,2-4,13-16H2,1H3. The van der Waals surface area contributed by atoms with Gasteiger partial charge in [0.15, 0.2) is 0 Å². The molecule has 2 aromatic rings. The van der Waals surface area contributed by atoms with Crippen LogP contribution in [0.2, 0.25) is 0 Å². The Labute approximate surface area is 177 Å². The van der Waals surface area contributed by atoms with Crippen molar-refractivity contribution in [3.8, 4) is 0 Å². The Balaban J connectivity index is 1.58. The summed E-state index contributed by atoms with van der Waals surface area (Å²) >= 11 is 1.57. The van der Waals surface area contributed by atoms with E-state index in [4.69, 9.17) is 0 Å². The van der Waals surface area contributed by atoms with E-state index in [1.54, 1.807) is 11.8 Å². The highest BCUT2D eigenvalue weighted by Gasteiger charge is 2.26. The van der Waals surface area contributed by atoms with E-state index in [-0.39, 0.29) is 16.3 Å². The lowest BCUT2D eigenvalue weighted by atomic mass is 10.2. The summed E-state index contributed by atoms with van der Waals surface area (Å²) in [6, 6.07) is 13.5. The van der Waals surface area contributed by atoms with Crippen LogP contribution in [-0.2, 0) is 20.0 Å². The zero-order chi connectivity index (χ0) is 20.9. The highest BCUT2D eigenvalue weighted by atomic mass is 32.2. The second-order valence-corrected chi connectivity index (χ2v) is 11.9. The number of sulfonamides is 2. The molecule has 6 nitrogen and oxygen atoms in total. The predicted molar refractivity (Wildman–Crippen MR) is 116 cm³/mol. The van der Waals surface area contributed by atoms with Gasteiger partial charge in [-0.05, 0) is 56.2 Å². The van der Waals surface area contributed by atoms with Crippen LogP contribution in [0.4, 0.5) is 0 Å². The number of benzene rings is 2. The maximum Gasteiger partial charge on any atom is 0.243 e. The topological polar surface area (TPSA) is 83.5 Å². The first-order valence-corrected chi connectivity index (χ1v) is 13.5. The molecule has 2 aromatic carbocycles. The molecule has 1 heterocycles. The molecule has 9 heteroatoms. The van der Waals surface area contributed by atoms with Crippen molar-refractivity contribution >= 4 is 31.8 Å². The van der Waals surface area contributed by atoms with E-state index in [0.717, 1.165) is 24.2 Å². The molecule has 1 N–H and O–H groups in total. The van der Waals surface area contributed by atoms with E-state index in [0.29, 0.717) is 18.8 Å². The lowest BCUT2D eigenvalue weighted by Gasteiger charge is -2.25. The molecule has 0 amide bonds. The smallest absolute Gasteiger partial charge is 0.210 e. The Kier molecular flexibility index (Phi) is 7.39. The summed E-state index contributed by atoms with van der Waals surface area (Å²) in [5.41, 5.74) is 1.18. The molecule has 0 aromatic heterocycles. The molecule has 3 rings (SSSR count). The van der Waals surface area contributed by atoms with Gasteiger partial charge in [0.25, 0.3) is 0 Å². The third-order valence-electron chi connectivity index (χ3n) is 4.77. The molecule has 0 radical (unpaired) electrons. The molecular formula is C20H26N2O4S3. The Morgan fingerprint density at radius 2 is 1.45 bits per heavy atom. The molecule has 158 valence electrons. The van der Waals surface area contributed by atoms with E-state index in [9.17, 15) is 16.8 Å². The summed E-state index contributed by atoms with van der Waals surface area (Å²) in [6.45, 7) is 3.34. The molecule has 0 atom stereocenters.